The zero-order chi connectivity index (χ0) is 13.8. The van der Waals surface area contributed by atoms with Crippen LogP contribution in [-0.2, 0) is 6.18 Å². The first kappa shape index (κ1) is 14.5. The van der Waals surface area contributed by atoms with E-state index in [2.05, 4.69) is 20.6 Å². The highest BCUT2D eigenvalue weighted by atomic mass is 19.4. The van der Waals surface area contributed by atoms with E-state index in [0.29, 0.717) is 6.54 Å². The molecule has 0 saturated carbocycles. The topological polar surface area (TPSA) is 70.1 Å². The van der Waals surface area contributed by atoms with Crippen molar-refractivity contribution in [1.82, 2.24) is 9.97 Å². The van der Waals surface area contributed by atoms with Crippen molar-refractivity contribution in [3.05, 3.63) is 11.9 Å². The minimum atomic E-state index is -4.60. The summed E-state index contributed by atoms with van der Waals surface area (Å²) in [6.07, 6.45) is -5.29. The van der Waals surface area contributed by atoms with Crippen molar-refractivity contribution in [2.45, 2.75) is 26.1 Å². The standard InChI is InChI=1S/C10H15F3N4O/c1-3-14-7-4-8(15-5-6(2)18)17-9(16-7)10(11,12)13/h4,6,18H,3,5H2,1-2H3,(H2,14,15,16,17). The average molecular weight is 264 g/mol. The number of alkyl halides is 3. The van der Waals surface area contributed by atoms with Crippen LogP contribution in [0.1, 0.15) is 19.7 Å². The number of aliphatic hydroxyl groups excluding tert-OH is 1. The lowest BCUT2D eigenvalue weighted by atomic mass is 10.4. The third-order valence-corrected chi connectivity index (χ3v) is 1.92. The van der Waals surface area contributed by atoms with Crippen molar-refractivity contribution in [1.29, 1.82) is 0 Å². The molecule has 0 radical (unpaired) electrons. The van der Waals surface area contributed by atoms with Crippen LogP contribution < -0.4 is 10.6 Å². The van der Waals surface area contributed by atoms with Gasteiger partial charge in [0.15, 0.2) is 0 Å². The fourth-order valence-electron chi connectivity index (χ4n) is 1.19. The Kier molecular flexibility index (Phi) is 4.71. The van der Waals surface area contributed by atoms with E-state index in [4.69, 9.17) is 5.11 Å². The first-order valence-electron chi connectivity index (χ1n) is 5.45. The molecule has 102 valence electrons. The largest absolute Gasteiger partial charge is 0.451 e. The maximum Gasteiger partial charge on any atom is 0.451 e. The smallest absolute Gasteiger partial charge is 0.392 e. The minimum Gasteiger partial charge on any atom is -0.392 e. The molecular formula is C10H15F3N4O. The molecule has 0 aromatic carbocycles. The Bertz CT molecular complexity index is 395. The Morgan fingerprint density at radius 2 is 1.83 bits per heavy atom. The molecule has 0 spiro atoms. The van der Waals surface area contributed by atoms with E-state index in [1.54, 1.807) is 6.92 Å². The number of hydrogen-bond acceptors (Lipinski definition) is 5. The number of anilines is 2. The number of nitrogens with zero attached hydrogens (tertiary/aromatic N) is 2. The molecule has 0 amide bonds. The van der Waals surface area contributed by atoms with Gasteiger partial charge in [-0.2, -0.15) is 13.2 Å². The minimum absolute atomic E-state index is 0.0224. The maximum absolute atomic E-state index is 12.6. The van der Waals surface area contributed by atoms with Crippen LogP contribution in [-0.4, -0.2) is 34.3 Å². The van der Waals surface area contributed by atoms with Crippen molar-refractivity contribution in [2.24, 2.45) is 0 Å². The van der Waals surface area contributed by atoms with Crippen LogP contribution in [0.4, 0.5) is 24.8 Å². The summed E-state index contributed by atoms with van der Waals surface area (Å²) in [4.78, 5) is 6.73. The number of aromatic nitrogens is 2. The third-order valence-electron chi connectivity index (χ3n) is 1.92. The summed E-state index contributed by atoms with van der Waals surface area (Å²) in [6, 6.07) is 1.36. The van der Waals surface area contributed by atoms with Gasteiger partial charge in [0.05, 0.1) is 6.10 Å². The SMILES string of the molecule is CCNc1cc(NCC(C)O)nc(C(F)(F)F)n1. The summed E-state index contributed by atoms with van der Waals surface area (Å²) in [5.41, 5.74) is 0. The van der Waals surface area contributed by atoms with E-state index in [1.807, 2.05) is 0 Å². The van der Waals surface area contributed by atoms with Gasteiger partial charge in [-0.25, -0.2) is 9.97 Å². The average Bonchev–Trinajstić information content (AvgIpc) is 2.25. The summed E-state index contributed by atoms with van der Waals surface area (Å²) < 4.78 is 37.7. The molecule has 8 heteroatoms. The van der Waals surface area contributed by atoms with Crippen LogP contribution in [0.2, 0.25) is 0 Å². The second-order valence-corrected chi connectivity index (χ2v) is 3.72. The van der Waals surface area contributed by atoms with Crippen LogP contribution in [0.15, 0.2) is 6.07 Å². The Hall–Kier alpha value is -1.57. The van der Waals surface area contributed by atoms with E-state index in [-0.39, 0.29) is 18.2 Å². The van der Waals surface area contributed by atoms with Crippen molar-refractivity contribution in [3.63, 3.8) is 0 Å². The summed E-state index contributed by atoms with van der Waals surface area (Å²) in [7, 11) is 0. The van der Waals surface area contributed by atoms with Gasteiger partial charge in [0.1, 0.15) is 11.6 Å². The van der Waals surface area contributed by atoms with Gasteiger partial charge in [0.25, 0.3) is 0 Å². The highest BCUT2D eigenvalue weighted by Crippen LogP contribution is 2.28. The number of aliphatic hydroxyl groups is 1. The van der Waals surface area contributed by atoms with E-state index in [0.717, 1.165) is 0 Å². The summed E-state index contributed by atoms with van der Waals surface area (Å²) >= 11 is 0. The van der Waals surface area contributed by atoms with Gasteiger partial charge >= 0.3 is 6.18 Å². The highest BCUT2D eigenvalue weighted by Gasteiger charge is 2.35. The number of halogens is 3. The van der Waals surface area contributed by atoms with Gasteiger partial charge < -0.3 is 15.7 Å². The lowest BCUT2D eigenvalue weighted by molar-refractivity contribution is -0.144. The van der Waals surface area contributed by atoms with Gasteiger partial charge in [0, 0.05) is 19.2 Å². The molecule has 0 aliphatic heterocycles. The third kappa shape index (κ3) is 4.36. The van der Waals surface area contributed by atoms with Crippen LogP contribution in [0, 0.1) is 0 Å². The summed E-state index contributed by atoms with van der Waals surface area (Å²) in [5, 5.41) is 14.4. The summed E-state index contributed by atoms with van der Waals surface area (Å²) in [5.74, 6) is -1.10. The Balaban J connectivity index is 2.98. The fraction of sp³-hybridized carbons (Fsp3) is 0.600. The molecule has 1 heterocycles. The first-order chi connectivity index (χ1) is 8.32. The lowest BCUT2D eigenvalue weighted by Gasteiger charge is -2.12. The highest BCUT2D eigenvalue weighted by molar-refractivity contribution is 5.47. The molecule has 1 atom stereocenters. The predicted molar refractivity (Wildman–Crippen MR) is 61.4 cm³/mol. The molecule has 1 rings (SSSR count). The van der Waals surface area contributed by atoms with Crippen LogP contribution in [0.3, 0.4) is 0 Å². The molecule has 5 nitrogen and oxygen atoms in total. The molecule has 0 aliphatic rings. The second kappa shape index (κ2) is 5.85. The van der Waals surface area contributed by atoms with Gasteiger partial charge in [-0.15, -0.1) is 0 Å². The second-order valence-electron chi connectivity index (χ2n) is 3.72. The van der Waals surface area contributed by atoms with E-state index in [9.17, 15) is 13.2 Å². The van der Waals surface area contributed by atoms with Crippen molar-refractivity contribution in [3.8, 4) is 0 Å². The van der Waals surface area contributed by atoms with Crippen LogP contribution in [0.5, 0.6) is 0 Å². The number of rotatable bonds is 5. The molecule has 1 unspecified atom stereocenters. The Morgan fingerprint density at radius 1 is 1.28 bits per heavy atom. The predicted octanol–water partition coefficient (Wildman–Crippen LogP) is 1.72. The zero-order valence-corrected chi connectivity index (χ0v) is 10.0. The molecule has 1 aromatic rings. The Morgan fingerprint density at radius 3 is 2.28 bits per heavy atom. The number of hydrogen-bond donors (Lipinski definition) is 3. The molecule has 0 fully saturated rings. The summed E-state index contributed by atoms with van der Waals surface area (Å²) in [6.45, 7) is 3.83. The molecule has 18 heavy (non-hydrogen) atoms. The quantitative estimate of drug-likeness (QED) is 0.755. The van der Waals surface area contributed by atoms with E-state index in [1.165, 1.54) is 13.0 Å². The monoisotopic (exact) mass is 264 g/mol. The number of nitrogens with one attached hydrogen (secondary N) is 2. The molecule has 0 bridgehead atoms. The zero-order valence-electron chi connectivity index (χ0n) is 10.0. The first-order valence-corrected chi connectivity index (χ1v) is 5.45. The van der Waals surface area contributed by atoms with Gasteiger partial charge in [-0.1, -0.05) is 0 Å². The Labute approximate surface area is 102 Å². The maximum atomic E-state index is 12.6. The van der Waals surface area contributed by atoms with Crippen molar-refractivity contribution in [2.75, 3.05) is 23.7 Å². The van der Waals surface area contributed by atoms with Crippen molar-refractivity contribution >= 4 is 11.6 Å². The lowest BCUT2D eigenvalue weighted by Crippen LogP contribution is -2.19. The van der Waals surface area contributed by atoms with Gasteiger partial charge in [-0.05, 0) is 13.8 Å². The molecule has 3 N–H and O–H groups in total. The molecule has 0 aliphatic carbocycles. The van der Waals surface area contributed by atoms with Crippen LogP contribution >= 0.6 is 0 Å². The molecular weight excluding hydrogens is 249 g/mol. The van der Waals surface area contributed by atoms with E-state index < -0.39 is 18.1 Å². The fourth-order valence-corrected chi connectivity index (χ4v) is 1.19. The molecule has 0 saturated heterocycles. The van der Waals surface area contributed by atoms with Gasteiger partial charge in [0.2, 0.25) is 5.82 Å². The normalized spacial score (nSPS) is 13.2. The van der Waals surface area contributed by atoms with E-state index >= 15 is 0 Å². The van der Waals surface area contributed by atoms with Gasteiger partial charge in [-0.3, -0.25) is 0 Å². The molecule has 1 aromatic heterocycles. The van der Waals surface area contributed by atoms with Crippen LogP contribution in [0.25, 0.3) is 0 Å². The van der Waals surface area contributed by atoms with Crippen molar-refractivity contribution < 1.29 is 18.3 Å².